The second kappa shape index (κ2) is 3.09. The molecule has 0 saturated carbocycles. The van der Waals surface area contributed by atoms with Crippen LogP contribution in [-0.2, 0) is 4.79 Å². The van der Waals surface area contributed by atoms with Gasteiger partial charge in [0.15, 0.2) is 0 Å². The molecule has 13 heavy (non-hydrogen) atoms. The van der Waals surface area contributed by atoms with Crippen molar-refractivity contribution in [2.24, 2.45) is 15.9 Å². The van der Waals surface area contributed by atoms with Crippen molar-refractivity contribution < 1.29 is 4.79 Å². The Balaban J connectivity index is 2.46. The highest BCUT2D eigenvalue weighted by Crippen LogP contribution is 2.23. The van der Waals surface area contributed by atoms with Gasteiger partial charge in [-0.05, 0) is 6.08 Å². The van der Waals surface area contributed by atoms with Crippen LogP contribution in [0.5, 0.6) is 0 Å². The molecule has 2 aliphatic heterocycles. The van der Waals surface area contributed by atoms with Crippen LogP contribution in [0.3, 0.4) is 0 Å². The Hall–Kier alpha value is -0.930. The maximum Gasteiger partial charge on any atom is 0.269 e. The molecule has 0 radical (unpaired) electrons. The summed E-state index contributed by atoms with van der Waals surface area (Å²) < 4.78 is 0. The predicted molar refractivity (Wildman–Crippen MR) is 52.3 cm³/mol. The molecule has 2 aliphatic rings. The lowest BCUT2D eigenvalue weighted by Crippen LogP contribution is -2.24. The van der Waals surface area contributed by atoms with E-state index in [2.05, 4.69) is 9.98 Å². The summed E-state index contributed by atoms with van der Waals surface area (Å²) in [4.78, 5) is 18.5. The van der Waals surface area contributed by atoms with Crippen LogP contribution in [0.2, 0.25) is 0 Å². The molecule has 5 heteroatoms. The third-order valence-corrected chi connectivity index (χ3v) is 2.24. The number of carbonyl (C=O) groups excluding carboxylic acids is 1. The maximum absolute atomic E-state index is 10.9. The Labute approximate surface area is 84.5 Å². The van der Waals surface area contributed by atoms with Crippen LogP contribution in [0, 0.1) is 5.92 Å². The Morgan fingerprint density at radius 1 is 1.31 bits per heavy atom. The molecule has 1 atom stereocenters. The lowest BCUT2D eigenvalue weighted by Gasteiger charge is -2.17. The predicted octanol–water partition coefficient (Wildman–Crippen LogP) is 1.87. The minimum atomic E-state index is -0.293. The first-order valence-corrected chi connectivity index (χ1v) is 4.34. The number of halogens is 2. The van der Waals surface area contributed by atoms with E-state index < -0.39 is 0 Å². The van der Waals surface area contributed by atoms with E-state index in [0.717, 1.165) is 0 Å². The van der Waals surface area contributed by atoms with Gasteiger partial charge in [0.1, 0.15) is 10.3 Å². The van der Waals surface area contributed by atoms with Gasteiger partial charge < -0.3 is 0 Å². The molecule has 2 heterocycles. The number of aliphatic imine (C=N–C) groups is 2. The van der Waals surface area contributed by atoms with Crippen molar-refractivity contribution in [3.8, 4) is 0 Å². The Morgan fingerprint density at radius 2 is 2.08 bits per heavy atom. The first-order chi connectivity index (χ1) is 6.16. The highest BCUT2D eigenvalue weighted by Gasteiger charge is 2.24. The number of fused-ring (bicyclic) bond motifs is 1. The Bertz CT molecular complexity index is 393. The summed E-state index contributed by atoms with van der Waals surface area (Å²) in [7, 11) is 0. The fourth-order valence-corrected chi connectivity index (χ4v) is 1.68. The van der Waals surface area contributed by atoms with Gasteiger partial charge in [0.2, 0.25) is 0 Å². The van der Waals surface area contributed by atoms with Crippen LogP contribution in [-0.4, -0.2) is 16.8 Å². The highest BCUT2D eigenvalue weighted by atomic mass is 35.5. The number of hydrogen-bond donors (Lipinski definition) is 0. The van der Waals surface area contributed by atoms with Crippen LogP contribution >= 0.6 is 23.2 Å². The Kier molecular flexibility index (Phi) is 2.06. The molecule has 0 spiro atoms. The second-order valence-corrected chi connectivity index (χ2v) is 3.39. The average molecular weight is 215 g/mol. The van der Waals surface area contributed by atoms with Gasteiger partial charge in [0.05, 0.1) is 11.6 Å². The first kappa shape index (κ1) is 8.66. The summed E-state index contributed by atoms with van der Waals surface area (Å²) >= 11 is 11.5. The zero-order valence-corrected chi connectivity index (χ0v) is 7.88. The molecule has 3 nitrogen and oxygen atoms in total. The van der Waals surface area contributed by atoms with E-state index in [9.17, 15) is 4.79 Å². The van der Waals surface area contributed by atoms with Crippen molar-refractivity contribution in [3.05, 3.63) is 23.4 Å². The second-order valence-electron chi connectivity index (χ2n) is 2.61. The fourth-order valence-electron chi connectivity index (χ4n) is 1.16. The van der Waals surface area contributed by atoms with E-state index >= 15 is 0 Å². The van der Waals surface area contributed by atoms with Crippen LogP contribution in [0.4, 0.5) is 0 Å². The number of amides is 1. The van der Waals surface area contributed by atoms with E-state index in [0.29, 0.717) is 10.9 Å². The molecule has 0 bridgehead atoms. The van der Waals surface area contributed by atoms with Gasteiger partial charge in [0, 0.05) is 6.08 Å². The Morgan fingerprint density at radius 3 is 2.85 bits per heavy atom. The SMILES string of the molecule is O=C1C=CC2C(Cl)=NC(Cl)=CC2=N1. The lowest BCUT2D eigenvalue weighted by molar-refractivity contribution is -0.113. The van der Waals surface area contributed by atoms with Gasteiger partial charge in [-0.15, -0.1) is 0 Å². The molecule has 2 rings (SSSR count). The number of nitrogens with zero attached hydrogens (tertiary/aromatic N) is 2. The number of rotatable bonds is 0. The molecule has 1 unspecified atom stereocenters. The van der Waals surface area contributed by atoms with Gasteiger partial charge in [-0.3, -0.25) is 4.79 Å². The topological polar surface area (TPSA) is 41.8 Å². The smallest absolute Gasteiger partial charge is 0.267 e. The number of hydrogen-bond acceptors (Lipinski definition) is 2. The van der Waals surface area contributed by atoms with E-state index in [1.54, 1.807) is 12.2 Å². The van der Waals surface area contributed by atoms with Gasteiger partial charge >= 0.3 is 0 Å². The minimum absolute atomic E-state index is 0.207. The quantitative estimate of drug-likeness (QED) is 0.568. The van der Waals surface area contributed by atoms with Gasteiger partial charge in [-0.2, -0.15) is 0 Å². The maximum atomic E-state index is 10.9. The van der Waals surface area contributed by atoms with Crippen molar-refractivity contribution in [2.45, 2.75) is 0 Å². The zero-order chi connectivity index (χ0) is 9.42. The van der Waals surface area contributed by atoms with Crippen molar-refractivity contribution in [2.75, 3.05) is 0 Å². The number of carbonyl (C=O) groups is 1. The summed E-state index contributed by atoms with van der Waals surface area (Å²) in [5.74, 6) is -0.500. The largest absolute Gasteiger partial charge is 0.269 e. The third kappa shape index (κ3) is 1.57. The monoisotopic (exact) mass is 214 g/mol. The molecule has 66 valence electrons. The van der Waals surface area contributed by atoms with Crippen molar-refractivity contribution in [1.82, 2.24) is 0 Å². The molecule has 0 aromatic carbocycles. The summed E-state index contributed by atoms with van der Waals surface area (Å²) in [6.07, 6.45) is 4.58. The van der Waals surface area contributed by atoms with E-state index in [-0.39, 0.29) is 17.0 Å². The summed E-state index contributed by atoms with van der Waals surface area (Å²) in [5, 5.41) is 0.595. The minimum Gasteiger partial charge on any atom is -0.267 e. The van der Waals surface area contributed by atoms with Gasteiger partial charge in [-0.25, -0.2) is 9.98 Å². The van der Waals surface area contributed by atoms with E-state index in [1.165, 1.54) is 6.08 Å². The van der Waals surface area contributed by atoms with Crippen LogP contribution in [0.1, 0.15) is 0 Å². The van der Waals surface area contributed by atoms with E-state index in [1.807, 2.05) is 0 Å². The average Bonchev–Trinajstić information content (AvgIpc) is 2.02. The number of dihydropyridines is 1. The van der Waals surface area contributed by atoms with Crippen LogP contribution < -0.4 is 0 Å². The summed E-state index contributed by atoms with van der Waals surface area (Å²) in [5.41, 5.74) is 0.553. The molecule has 0 fully saturated rings. The molecular formula is C8H4Cl2N2O. The van der Waals surface area contributed by atoms with Crippen molar-refractivity contribution in [3.63, 3.8) is 0 Å². The van der Waals surface area contributed by atoms with Crippen LogP contribution in [0.25, 0.3) is 0 Å². The molecule has 1 amide bonds. The van der Waals surface area contributed by atoms with E-state index in [4.69, 9.17) is 23.2 Å². The molecule has 0 saturated heterocycles. The molecule has 0 aromatic rings. The van der Waals surface area contributed by atoms with Crippen molar-refractivity contribution >= 4 is 40.0 Å². The van der Waals surface area contributed by atoms with Gasteiger partial charge in [0.25, 0.3) is 5.91 Å². The molecule has 0 aromatic heterocycles. The molecular weight excluding hydrogens is 211 g/mol. The van der Waals surface area contributed by atoms with Crippen molar-refractivity contribution in [1.29, 1.82) is 0 Å². The summed E-state index contributed by atoms with van der Waals surface area (Å²) in [6.45, 7) is 0. The molecule has 0 aliphatic carbocycles. The van der Waals surface area contributed by atoms with Crippen LogP contribution in [0.15, 0.2) is 33.4 Å². The standard InChI is InChI=1S/C8H4Cl2N2O/c9-6-3-5-4(8(10)12-6)1-2-7(13)11-5/h1-4H. The normalized spacial score (nSPS) is 26.2. The fraction of sp³-hybridized carbons (Fsp3) is 0.125. The highest BCUT2D eigenvalue weighted by molar-refractivity contribution is 6.69. The summed E-state index contributed by atoms with van der Waals surface area (Å²) in [6, 6.07) is 0. The zero-order valence-electron chi connectivity index (χ0n) is 6.37. The lowest BCUT2D eigenvalue weighted by atomic mass is 10.00. The van der Waals surface area contributed by atoms with Gasteiger partial charge in [-0.1, -0.05) is 29.3 Å². The third-order valence-electron chi connectivity index (χ3n) is 1.73. The number of allylic oxidation sites excluding steroid dienone is 2. The first-order valence-electron chi connectivity index (χ1n) is 3.59. The molecule has 0 N–H and O–H groups in total.